The Hall–Kier alpha value is -1.26. The van der Waals surface area contributed by atoms with Crippen LogP contribution < -0.4 is 15.8 Å². The number of hydrogen-bond donors (Lipinski definition) is 2. The van der Waals surface area contributed by atoms with E-state index < -0.39 is 0 Å². The minimum absolute atomic E-state index is 0. The Balaban J connectivity index is 0.00000484. The molecule has 0 saturated heterocycles. The van der Waals surface area contributed by atoms with E-state index in [0.717, 1.165) is 29.7 Å². The molecule has 1 aromatic carbocycles. The number of ether oxygens (including phenoxy) is 1. The van der Waals surface area contributed by atoms with Gasteiger partial charge in [0.05, 0.1) is 5.54 Å². The van der Waals surface area contributed by atoms with E-state index in [1.54, 1.807) is 0 Å². The van der Waals surface area contributed by atoms with E-state index >= 15 is 0 Å². The van der Waals surface area contributed by atoms with E-state index in [0.29, 0.717) is 12.5 Å². The van der Waals surface area contributed by atoms with Crippen LogP contribution >= 0.6 is 12.4 Å². The zero-order valence-electron chi connectivity index (χ0n) is 14.9. The molecular formula is C18H31ClN2O2. The Kier molecular flexibility index (Phi) is 9.25. The van der Waals surface area contributed by atoms with Crippen LogP contribution in [0, 0.1) is 6.92 Å². The number of nitrogens with one attached hydrogen (secondary N) is 1. The number of halogens is 1. The SMILES string of the molecule is CCC(CC)(CN)NC(=O)COc1cc(C)ccc1C(C)C.Cl. The van der Waals surface area contributed by atoms with Crippen molar-refractivity contribution in [2.24, 2.45) is 5.73 Å². The monoisotopic (exact) mass is 342 g/mol. The lowest BCUT2D eigenvalue weighted by Gasteiger charge is -2.31. The molecule has 3 N–H and O–H groups in total. The van der Waals surface area contributed by atoms with Gasteiger partial charge in [0.2, 0.25) is 0 Å². The smallest absolute Gasteiger partial charge is 0.258 e. The van der Waals surface area contributed by atoms with E-state index in [2.05, 4.69) is 31.3 Å². The zero-order chi connectivity index (χ0) is 16.8. The summed E-state index contributed by atoms with van der Waals surface area (Å²) in [6, 6.07) is 6.11. The molecule has 1 rings (SSSR count). The number of carbonyl (C=O) groups is 1. The van der Waals surface area contributed by atoms with Crippen LogP contribution in [0.25, 0.3) is 0 Å². The first-order valence-corrected chi connectivity index (χ1v) is 8.12. The highest BCUT2D eigenvalue weighted by atomic mass is 35.5. The first-order valence-electron chi connectivity index (χ1n) is 8.12. The van der Waals surface area contributed by atoms with Gasteiger partial charge >= 0.3 is 0 Å². The lowest BCUT2D eigenvalue weighted by atomic mass is 9.93. The molecule has 0 heterocycles. The average molecular weight is 343 g/mol. The lowest BCUT2D eigenvalue weighted by molar-refractivity contribution is -0.125. The number of amides is 1. The fourth-order valence-electron chi connectivity index (χ4n) is 2.49. The minimum Gasteiger partial charge on any atom is -0.483 e. The molecule has 0 aliphatic rings. The van der Waals surface area contributed by atoms with Gasteiger partial charge in [-0.2, -0.15) is 0 Å². The first-order chi connectivity index (χ1) is 10.4. The highest BCUT2D eigenvalue weighted by Crippen LogP contribution is 2.27. The third-order valence-corrected chi connectivity index (χ3v) is 4.30. The van der Waals surface area contributed by atoms with E-state index in [1.165, 1.54) is 0 Å². The maximum Gasteiger partial charge on any atom is 0.258 e. The second kappa shape index (κ2) is 9.78. The first kappa shape index (κ1) is 21.7. The van der Waals surface area contributed by atoms with E-state index in [4.69, 9.17) is 10.5 Å². The van der Waals surface area contributed by atoms with Gasteiger partial charge in [0, 0.05) is 6.54 Å². The predicted octanol–water partition coefficient (Wildman–Crippen LogP) is 3.55. The van der Waals surface area contributed by atoms with Gasteiger partial charge < -0.3 is 15.8 Å². The summed E-state index contributed by atoms with van der Waals surface area (Å²) in [7, 11) is 0. The topological polar surface area (TPSA) is 64.3 Å². The van der Waals surface area contributed by atoms with Crippen LogP contribution in [-0.2, 0) is 4.79 Å². The van der Waals surface area contributed by atoms with Crippen molar-refractivity contribution in [2.75, 3.05) is 13.2 Å². The number of benzene rings is 1. The van der Waals surface area contributed by atoms with Gasteiger partial charge in [-0.15, -0.1) is 12.4 Å². The van der Waals surface area contributed by atoms with Crippen LogP contribution in [0.15, 0.2) is 18.2 Å². The molecule has 0 bridgehead atoms. The summed E-state index contributed by atoms with van der Waals surface area (Å²) in [5, 5.41) is 3.02. The van der Waals surface area contributed by atoms with Crippen molar-refractivity contribution in [1.29, 1.82) is 0 Å². The summed E-state index contributed by atoms with van der Waals surface area (Å²) in [4.78, 5) is 12.2. The maximum atomic E-state index is 12.2. The van der Waals surface area contributed by atoms with Crippen LogP contribution in [0.1, 0.15) is 57.6 Å². The highest BCUT2D eigenvalue weighted by molar-refractivity contribution is 5.85. The van der Waals surface area contributed by atoms with Crippen molar-refractivity contribution in [1.82, 2.24) is 5.32 Å². The molecule has 0 fully saturated rings. The Morgan fingerprint density at radius 2 is 1.91 bits per heavy atom. The molecule has 0 aliphatic carbocycles. The molecule has 0 radical (unpaired) electrons. The Morgan fingerprint density at radius 3 is 2.39 bits per heavy atom. The van der Waals surface area contributed by atoms with Crippen molar-refractivity contribution in [3.8, 4) is 5.75 Å². The van der Waals surface area contributed by atoms with Crippen LogP contribution in [-0.4, -0.2) is 24.6 Å². The van der Waals surface area contributed by atoms with E-state index in [9.17, 15) is 4.79 Å². The van der Waals surface area contributed by atoms with Gasteiger partial charge in [0.1, 0.15) is 5.75 Å². The van der Waals surface area contributed by atoms with Crippen molar-refractivity contribution in [2.45, 2.75) is 58.9 Å². The fraction of sp³-hybridized carbons (Fsp3) is 0.611. The number of carbonyl (C=O) groups excluding carboxylic acids is 1. The number of rotatable bonds is 8. The molecule has 5 heteroatoms. The number of nitrogens with two attached hydrogens (primary N) is 1. The van der Waals surface area contributed by atoms with Crippen LogP contribution in [0.3, 0.4) is 0 Å². The molecule has 0 atom stereocenters. The molecule has 0 aliphatic heterocycles. The number of hydrogen-bond acceptors (Lipinski definition) is 3. The zero-order valence-corrected chi connectivity index (χ0v) is 15.8. The predicted molar refractivity (Wildman–Crippen MR) is 98.5 cm³/mol. The molecule has 0 spiro atoms. The Bertz CT molecular complexity index is 492. The molecule has 1 amide bonds. The van der Waals surface area contributed by atoms with Crippen molar-refractivity contribution < 1.29 is 9.53 Å². The molecule has 0 unspecified atom stereocenters. The number of aryl methyl sites for hydroxylation is 1. The quantitative estimate of drug-likeness (QED) is 0.759. The molecule has 23 heavy (non-hydrogen) atoms. The summed E-state index contributed by atoms with van der Waals surface area (Å²) >= 11 is 0. The van der Waals surface area contributed by atoms with Crippen LogP contribution in [0.5, 0.6) is 5.75 Å². The molecule has 0 aromatic heterocycles. The third-order valence-electron chi connectivity index (χ3n) is 4.30. The normalized spacial score (nSPS) is 11.1. The standard InChI is InChI=1S/C18H30N2O2.ClH/c1-6-18(7-2,12-19)20-17(21)11-22-16-10-14(5)8-9-15(16)13(3)4;/h8-10,13H,6-7,11-12,19H2,1-5H3,(H,20,21);1H. The Morgan fingerprint density at radius 1 is 1.30 bits per heavy atom. The molecule has 4 nitrogen and oxygen atoms in total. The average Bonchev–Trinajstić information content (AvgIpc) is 2.50. The second-order valence-corrected chi connectivity index (χ2v) is 6.22. The largest absolute Gasteiger partial charge is 0.483 e. The summed E-state index contributed by atoms with van der Waals surface area (Å²) in [6.07, 6.45) is 1.63. The van der Waals surface area contributed by atoms with Gasteiger partial charge in [-0.05, 0) is 42.9 Å². The van der Waals surface area contributed by atoms with Crippen molar-refractivity contribution in [3.63, 3.8) is 0 Å². The van der Waals surface area contributed by atoms with Crippen molar-refractivity contribution >= 4 is 18.3 Å². The van der Waals surface area contributed by atoms with Crippen LogP contribution in [0.2, 0.25) is 0 Å². The second-order valence-electron chi connectivity index (χ2n) is 6.22. The summed E-state index contributed by atoms with van der Waals surface area (Å²) < 4.78 is 5.77. The third kappa shape index (κ3) is 6.04. The van der Waals surface area contributed by atoms with Gasteiger partial charge in [0.25, 0.3) is 5.91 Å². The molecule has 1 aromatic rings. The molecular weight excluding hydrogens is 312 g/mol. The van der Waals surface area contributed by atoms with E-state index in [-0.39, 0.29) is 30.5 Å². The van der Waals surface area contributed by atoms with Crippen molar-refractivity contribution in [3.05, 3.63) is 29.3 Å². The Labute approximate surface area is 146 Å². The lowest BCUT2D eigenvalue weighted by Crippen LogP contribution is -2.54. The van der Waals surface area contributed by atoms with Crippen LogP contribution in [0.4, 0.5) is 0 Å². The maximum absolute atomic E-state index is 12.2. The minimum atomic E-state index is -0.325. The van der Waals surface area contributed by atoms with Gasteiger partial charge in [-0.25, -0.2) is 0 Å². The van der Waals surface area contributed by atoms with E-state index in [1.807, 2.05) is 26.8 Å². The summed E-state index contributed by atoms with van der Waals surface area (Å²) in [6.45, 7) is 10.8. The van der Waals surface area contributed by atoms with Gasteiger partial charge in [0.15, 0.2) is 6.61 Å². The molecule has 0 saturated carbocycles. The summed E-state index contributed by atoms with van der Waals surface area (Å²) in [5.41, 5.74) is 7.73. The molecule has 132 valence electrons. The van der Waals surface area contributed by atoms with Gasteiger partial charge in [-0.1, -0.05) is 39.8 Å². The van der Waals surface area contributed by atoms with Gasteiger partial charge in [-0.3, -0.25) is 4.79 Å². The highest BCUT2D eigenvalue weighted by Gasteiger charge is 2.26. The summed E-state index contributed by atoms with van der Waals surface area (Å²) in [5.74, 6) is 1.02. The fourth-order valence-corrected chi connectivity index (χ4v) is 2.49.